The van der Waals surface area contributed by atoms with Crippen LogP contribution in [0.3, 0.4) is 0 Å². The minimum absolute atomic E-state index is 0.0343. The number of hydrogen-bond acceptors (Lipinski definition) is 3. The summed E-state index contributed by atoms with van der Waals surface area (Å²) in [5.41, 5.74) is -2.34. The summed E-state index contributed by atoms with van der Waals surface area (Å²) >= 11 is 0. The van der Waals surface area contributed by atoms with Crippen LogP contribution in [0.5, 0.6) is 5.75 Å². The van der Waals surface area contributed by atoms with Gasteiger partial charge in [-0.2, -0.15) is 17.9 Å². The van der Waals surface area contributed by atoms with Gasteiger partial charge < -0.3 is 9.94 Å². The van der Waals surface area contributed by atoms with E-state index in [1.807, 2.05) is 0 Å². The quantitative estimate of drug-likeness (QED) is 0.443. The molecule has 2 aromatic carbocycles. The third-order valence-corrected chi connectivity index (χ3v) is 3.57. The lowest BCUT2D eigenvalue weighted by Crippen LogP contribution is -2.18. The second-order valence-electron chi connectivity index (χ2n) is 5.27. The average molecular weight is 375 g/mol. The van der Waals surface area contributed by atoms with E-state index in [1.165, 1.54) is 0 Å². The second kappa shape index (κ2) is 5.75. The van der Waals surface area contributed by atoms with E-state index in [1.54, 1.807) is 0 Å². The van der Waals surface area contributed by atoms with Gasteiger partial charge in [-0.1, -0.05) is 0 Å². The molecule has 0 fully saturated rings. The zero-order valence-electron chi connectivity index (χ0n) is 12.5. The standard InChI is InChI=1S/C16H7F6NO3/c17-15(18,19)9-3-6-11-12(7-9)23(25)13(14(11)24)8-1-4-10(5-2-8)26-16(20,21)22/h1-7H. The molecule has 0 N–H and O–H groups in total. The first-order chi connectivity index (χ1) is 12.0. The van der Waals surface area contributed by atoms with E-state index in [2.05, 4.69) is 4.74 Å². The maximum absolute atomic E-state index is 12.8. The van der Waals surface area contributed by atoms with Crippen LogP contribution in [0.4, 0.5) is 32.0 Å². The molecule has 10 heteroatoms. The Kier molecular flexibility index (Phi) is 3.93. The van der Waals surface area contributed by atoms with Gasteiger partial charge in [0.1, 0.15) is 11.3 Å². The number of carbonyl (C=O) groups is 1. The SMILES string of the molecule is O=C1C(c2ccc(OC(F)(F)F)cc2)=[N+]([O-])c2cc(C(F)(F)F)ccc21. The molecule has 0 aromatic heterocycles. The zero-order chi connectivity index (χ0) is 19.3. The smallest absolute Gasteiger partial charge is 0.573 e. The third kappa shape index (κ3) is 3.22. The molecule has 0 amide bonds. The minimum atomic E-state index is -4.91. The van der Waals surface area contributed by atoms with Gasteiger partial charge in [0, 0.05) is 6.07 Å². The number of halogens is 6. The molecule has 0 aliphatic carbocycles. The number of fused-ring (bicyclic) bond motifs is 1. The second-order valence-corrected chi connectivity index (χ2v) is 5.27. The molecular weight excluding hydrogens is 368 g/mol. The Morgan fingerprint density at radius 2 is 1.54 bits per heavy atom. The van der Waals surface area contributed by atoms with E-state index in [0.29, 0.717) is 12.1 Å². The summed E-state index contributed by atoms with van der Waals surface area (Å²) < 4.78 is 78.4. The number of hydrogen-bond donors (Lipinski definition) is 0. The Morgan fingerprint density at radius 1 is 0.923 bits per heavy atom. The van der Waals surface area contributed by atoms with Crippen LogP contribution in [0, 0.1) is 5.21 Å². The summed E-state index contributed by atoms with van der Waals surface area (Å²) in [4.78, 5) is 12.3. The monoisotopic (exact) mass is 375 g/mol. The number of ketones is 1. The predicted octanol–water partition coefficient (Wildman–Crippen LogP) is 4.43. The Labute approximate surface area is 141 Å². The number of rotatable bonds is 2. The molecule has 0 saturated heterocycles. The van der Waals surface area contributed by atoms with Crippen LogP contribution in [0.25, 0.3) is 0 Å². The van der Waals surface area contributed by atoms with Crippen molar-refractivity contribution >= 4 is 17.2 Å². The van der Waals surface area contributed by atoms with Crippen molar-refractivity contribution in [3.05, 3.63) is 64.4 Å². The van der Waals surface area contributed by atoms with Crippen molar-refractivity contribution in [1.29, 1.82) is 0 Å². The number of benzene rings is 2. The molecule has 4 nitrogen and oxygen atoms in total. The maximum Gasteiger partial charge on any atom is 0.573 e. The van der Waals surface area contributed by atoms with Gasteiger partial charge in [0.25, 0.3) is 11.5 Å². The van der Waals surface area contributed by atoms with Crippen molar-refractivity contribution in [2.24, 2.45) is 0 Å². The zero-order valence-corrected chi connectivity index (χ0v) is 12.5. The van der Waals surface area contributed by atoms with E-state index >= 15 is 0 Å². The molecule has 0 unspecified atom stereocenters. The van der Waals surface area contributed by atoms with Crippen molar-refractivity contribution in [2.45, 2.75) is 12.5 Å². The highest BCUT2D eigenvalue weighted by molar-refractivity contribution is 6.52. The maximum atomic E-state index is 12.8. The van der Waals surface area contributed by atoms with Gasteiger partial charge in [-0.25, -0.2) is 0 Å². The normalized spacial score (nSPS) is 14.6. The van der Waals surface area contributed by atoms with Crippen molar-refractivity contribution < 1.29 is 40.6 Å². The first kappa shape index (κ1) is 17.8. The van der Waals surface area contributed by atoms with Crippen LogP contribution in [-0.4, -0.2) is 22.6 Å². The Morgan fingerprint density at radius 3 is 2.08 bits per heavy atom. The highest BCUT2D eigenvalue weighted by Crippen LogP contribution is 2.36. The van der Waals surface area contributed by atoms with Crippen molar-refractivity contribution in [2.75, 3.05) is 0 Å². The molecule has 0 atom stereocenters. The van der Waals surface area contributed by atoms with E-state index in [-0.39, 0.29) is 15.9 Å². The highest BCUT2D eigenvalue weighted by Gasteiger charge is 2.40. The molecule has 1 aliphatic heterocycles. The highest BCUT2D eigenvalue weighted by atomic mass is 19.4. The van der Waals surface area contributed by atoms with Gasteiger partial charge in [0.05, 0.1) is 11.1 Å². The van der Waals surface area contributed by atoms with Crippen molar-refractivity contribution in [3.63, 3.8) is 0 Å². The summed E-state index contributed by atoms with van der Waals surface area (Å²) in [6.45, 7) is 0. The molecular formula is C16H7F6NO3. The van der Waals surface area contributed by atoms with Crippen molar-refractivity contribution in [1.82, 2.24) is 0 Å². The average Bonchev–Trinajstić information content (AvgIpc) is 2.77. The fraction of sp³-hybridized carbons (Fsp3) is 0.125. The molecule has 0 radical (unpaired) electrons. The lowest BCUT2D eigenvalue weighted by atomic mass is 10.0. The molecule has 1 heterocycles. The van der Waals surface area contributed by atoms with Gasteiger partial charge in [0.15, 0.2) is 0 Å². The molecule has 3 rings (SSSR count). The van der Waals surface area contributed by atoms with Gasteiger partial charge >= 0.3 is 12.5 Å². The predicted molar refractivity (Wildman–Crippen MR) is 76.3 cm³/mol. The molecule has 26 heavy (non-hydrogen) atoms. The van der Waals surface area contributed by atoms with E-state index in [4.69, 9.17) is 0 Å². The third-order valence-electron chi connectivity index (χ3n) is 3.57. The Hall–Kier alpha value is -3.04. The molecule has 136 valence electrons. The number of alkyl halides is 6. The first-order valence-corrected chi connectivity index (χ1v) is 6.94. The molecule has 0 spiro atoms. The van der Waals surface area contributed by atoms with E-state index in [9.17, 15) is 36.3 Å². The summed E-state index contributed by atoms with van der Waals surface area (Å²) in [6.07, 6.45) is -9.61. The van der Waals surface area contributed by atoms with Crippen LogP contribution >= 0.6 is 0 Å². The fourth-order valence-electron chi connectivity index (χ4n) is 2.47. The molecule has 2 aromatic rings. The summed E-state index contributed by atoms with van der Waals surface area (Å²) in [6, 6.07) is 5.97. The van der Waals surface area contributed by atoms with Crippen LogP contribution < -0.4 is 4.74 Å². The van der Waals surface area contributed by atoms with E-state index in [0.717, 1.165) is 30.3 Å². The van der Waals surface area contributed by atoms with Crippen LogP contribution in [-0.2, 0) is 6.18 Å². The Balaban J connectivity index is 2.00. The fourth-order valence-corrected chi connectivity index (χ4v) is 2.47. The number of Topliss-reactive ketones (excluding diaryl/α,β-unsaturated/α-hetero) is 1. The Bertz CT molecular complexity index is 913. The first-order valence-electron chi connectivity index (χ1n) is 6.94. The molecule has 0 saturated carbocycles. The van der Waals surface area contributed by atoms with Crippen molar-refractivity contribution in [3.8, 4) is 5.75 Å². The largest absolute Gasteiger partial charge is 0.618 e. The van der Waals surface area contributed by atoms with Crippen LogP contribution in [0.15, 0.2) is 42.5 Å². The van der Waals surface area contributed by atoms with Gasteiger partial charge in [0.2, 0.25) is 5.69 Å². The van der Waals surface area contributed by atoms with Crippen LogP contribution in [0.1, 0.15) is 21.5 Å². The van der Waals surface area contributed by atoms with Gasteiger partial charge in [-0.05, 0) is 36.4 Å². The summed E-state index contributed by atoms with van der Waals surface area (Å²) in [5, 5.41) is 12.3. The topological polar surface area (TPSA) is 52.4 Å². The summed E-state index contributed by atoms with van der Waals surface area (Å²) in [5.74, 6) is -1.39. The van der Waals surface area contributed by atoms with Crippen LogP contribution in [0.2, 0.25) is 0 Å². The van der Waals surface area contributed by atoms with Gasteiger partial charge in [-0.3, -0.25) is 4.79 Å². The minimum Gasteiger partial charge on any atom is -0.618 e. The lowest BCUT2D eigenvalue weighted by molar-refractivity contribution is -0.355. The molecule has 0 bridgehead atoms. The van der Waals surface area contributed by atoms with Gasteiger partial charge in [-0.15, -0.1) is 13.2 Å². The number of ether oxygens (including phenoxy) is 1. The number of carbonyl (C=O) groups excluding carboxylic acids is 1. The lowest BCUT2D eigenvalue weighted by Gasteiger charge is -2.09. The number of nitrogens with zero attached hydrogens (tertiary/aromatic N) is 1. The van der Waals surface area contributed by atoms with E-state index < -0.39 is 41.0 Å². The molecule has 1 aliphatic rings. The summed E-state index contributed by atoms with van der Waals surface area (Å²) in [7, 11) is 0.